The molecule has 2 N–H and O–H groups in total. The van der Waals surface area contributed by atoms with E-state index in [1.807, 2.05) is 12.1 Å². The zero-order chi connectivity index (χ0) is 23.3. The molecule has 172 valence electrons. The average Bonchev–Trinajstić information content (AvgIpc) is 2.79. The molecule has 1 fully saturated rings. The second-order valence-corrected chi connectivity index (χ2v) is 8.67. The van der Waals surface area contributed by atoms with Gasteiger partial charge in [0.25, 0.3) is 0 Å². The maximum Gasteiger partial charge on any atom is 0.239 e. The third-order valence-electron chi connectivity index (χ3n) is 6.00. The summed E-state index contributed by atoms with van der Waals surface area (Å²) in [4.78, 5) is 30.2. The van der Waals surface area contributed by atoms with E-state index in [0.29, 0.717) is 49.7 Å². The van der Waals surface area contributed by atoms with E-state index in [0.717, 1.165) is 5.56 Å². The number of carbonyl (C=O) groups is 2. The monoisotopic (exact) mass is 460 g/mol. The maximum absolute atomic E-state index is 14.6. The van der Waals surface area contributed by atoms with Gasteiger partial charge in [-0.15, -0.1) is 0 Å². The molecule has 2 unspecified atom stereocenters. The van der Waals surface area contributed by atoms with E-state index in [-0.39, 0.29) is 23.7 Å². The largest absolute Gasteiger partial charge is 0.344 e. The fourth-order valence-corrected chi connectivity index (χ4v) is 4.12. The van der Waals surface area contributed by atoms with Crippen molar-refractivity contribution in [2.45, 2.75) is 25.4 Å². The van der Waals surface area contributed by atoms with Crippen LogP contribution in [0.3, 0.4) is 0 Å². The van der Waals surface area contributed by atoms with Crippen LogP contribution in [-0.2, 0) is 16.0 Å². The molecule has 6 nitrogen and oxygen atoms in total. The van der Waals surface area contributed by atoms with Gasteiger partial charge in [0.05, 0.1) is 12.1 Å². The Bertz CT molecular complexity index is 932. The first kappa shape index (κ1) is 24.2. The number of likely N-dealkylation sites (N-methyl/N-ethyl adjacent to an activating group) is 1. The van der Waals surface area contributed by atoms with Gasteiger partial charge in [0.1, 0.15) is 5.82 Å². The Kier molecular flexibility index (Phi) is 8.23. The third-order valence-corrected chi connectivity index (χ3v) is 6.25. The van der Waals surface area contributed by atoms with Gasteiger partial charge >= 0.3 is 0 Å². The molecule has 2 aromatic carbocycles. The molecular weight excluding hydrogens is 431 g/mol. The van der Waals surface area contributed by atoms with Gasteiger partial charge in [0.15, 0.2) is 0 Å². The summed E-state index contributed by atoms with van der Waals surface area (Å²) in [6, 6.07) is 13.0. The zero-order valence-corrected chi connectivity index (χ0v) is 19.3. The average molecular weight is 461 g/mol. The smallest absolute Gasteiger partial charge is 0.239 e. The fraction of sp³-hybridized carbons (Fsp3) is 0.417. The number of hydrogen-bond donors (Lipinski definition) is 1. The Hall–Kier alpha value is -2.48. The van der Waals surface area contributed by atoms with Crippen molar-refractivity contribution in [3.8, 4) is 0 Å². The van der Waals surface area contributed by atoms with Crippen molar-refractivity contribution in [2.24, 2.45) is 5.73 Å². The van der Waals surface area contributed by atoms with E-state index < -0.39 is 6.04 Å². The van der Waals surface area contributed by atoms with E-state index in [1.165, 1.54) is 13.0 Å². The van der Waals surface area contributed by atoms with E-state index in [4.69, 9.17) is 17.3 Å². The normalized spacial score (nSPS) is 16.5. The molecule has 0 aliphatic carbocycles. The number of benzene rings is 2. The summed E-state index contributed by atoms with van der Waals surface area (Å²) in [6.45, 7) is 4.02. The second kappa shape index (κ2) is 10.9. The maximum atomic E-state index is 14.6. The molecule has 0 saturated carbocycles. The minimum Gasteiger partial charge on any atom is -0.344 e. The zero-order valence-electron chi connectivity index (χ0n) is 18.5. The predicted octanol–water partition coefficient (Wildman–Crippen LogP) is 2.71. The molecule has 0 radical (unpaired) electrons. The molecule has 0 spiro atoms. The summed E-state index contributed by atoms with van der Waals surface area (Å²) in [5.41, 5.74) is 7.71. The minimum atomic E-state index is -0.631. The SMILES string of the molecule is CC(=O)N(C)CC(c1ccccc1F)N1CCN(C(=O)C(N)Cc2ccc(Cl)cc2)CC1. The highest BCUT2D eigenvalue weighted by Crippen LogP contribution is 2.26. The molecule has 3 rings (SSSR count). The number of nitrogens with two attached hydrogens (primary N) is 1. The van der Waals surface area contributed by atoms with Gasteiger partial charge in [-0.25, -0.2) is 4.39 Å². The van der Waals surface area contributed by atoms with Gasteiger partial charge in [0.2, 0.25) is 11.8 Å². The Labute approximate surface area is 193 Å². The van der Waals surface area contributed by atoms with Crippen LogP contribution in [0.15, 0.2) is 48.5 Å². The molecule has 2 aromatic rings. The van der Waals surface area contributed by atoms with Gasteiger partial charge < -0.3 is 15.5 Å². The quantitative estimate of drug-likeness (QED) is 0.689. The number of halogens is 2. The number of hydrogen-bond acceptors (Lipinski definition) is 4. The minimum absolute atomic E-state index is 0.0756. The summed E-state index contributed by atoms with van der Waals surface area (Å²) in [6.07, 6.45) is 0.442. The Balaban J connectivity index is 1.64. The van der Waals surface area contributed by atoms with Crippen molar-refractivity contribution >= 4 is 23.4 Å². The topological polar surface area (TPSA) is 69.9 Å². The lowest BCUT2D eigenvalue weighted by Crippen LogP contribution is -2.55. The summed E-state index contributed by atoms with van der Waals surface area (Å²) in [7, 11) is 1.71. The summed E-state index contributed by atoms with van der Waals surface area (Å²) < 4.78 is 14.6. The first-order valence-corrected chi connectivity index (χ1v) is 11.1. The van der Waals surface area contributed by atoms with Crippen molar-refractivity contribution < 1.29 is 14.0 Å². The molecule has 8 heteroatoms. The molecule has 0 bridgehead atoms. The van der Waals surface area contributed by atoms with Crippen LogP contribution < -0.4 is 5.73 Å². The molecule has 1 saturated heterocycles. The van der Waals surface area contributed by atoms with Gasteiger partial charge in [0, 0.05) is 57.3 Å². The molecule has 1 aliphatic rings. The van der Waals surface area contributed by atoms with E-state index in [9.17, 15) is 14.0 Å². The Morgan fingerprint density at radius 2 is 1.72 bits per heavy atom. The number of piperazine rings is 1. The van der Waals surface area contributed by atoms with Crippen molar-refractivity contribution in [3.63, 3.8) is 0 Å². The predicted molar refractivity (Wildman–Crippen MR) is 124 cm³/mol. The summed E-state index contributed by atoms with van der Waals surface area (Å²) in [5.74, 6) is -0.464. The molecule has 1 heterocycles. The van der Waals surface area contributed by atoms with Gasteiger partial charge in [-0.3, -0.25) is 14.5 Å². The Morgan fingerprint density at radius 1 is 1.09 bits per heavy atom. The third kappa shape index (κ3) is 6.06. The number of carbonyl (C=O) groups excluding carboxylic acids is 2. The summed E-state index contributed by atoms with van der Waals surface area (Å²) in [5, 5.41) is 0.643. The van der Waals surface area contributed by atoms with Crippen LogP contribution in [-0.4, -0.2) is 72.3 Å². The van der Waals surface area contributed by atoms with Crippen LogP contribution >= 0.6 is 11.6 Å². The van der Waals surface area contributed by atoms with Crippen molar-refractivity contribution in [1.82, 2.24) is 14.7 Å². The van der Waals surface area contributed by atoms with Crippen LogP contribution in [0.5, 0.6) is 0 Å². The van der Waals surface area contributed by atoms with Gasteiger partial charge in [-0.05, 0) is 30.2 Å². The highest BCUT2D eigenvalue weighted by atomic mass is 35.5. The molecular formula is C24H30ClFN4O2. The van der Waals surface area contributed by atoms with Crippen LogP contribution in [0.4, 0.5) is 4.39 Å². The number of amides is 2. The van der Waals surface area contributed by atoms with Gasteiger partial charge in [-0.1, -0.05) is 41.9 Å². The van der Waals surface area contributed by atoms with Crippen LogP contribution in [0.2, 0.25) is 5.02 Å². The van der Waals surface area contributed by atoms with E-state index in [2.05, 4.69) is 4.90 Å². The van der Waals surface area contributed by atoms with Crippen molar-refractivity contribution in [2.75, 3.05) is 39.8 Å². The van der Waals surface area contributed by atoms with E-state index in [1.54, 1.807) is 47.2 Å². The number of nitrogens with zero attached hydrogens (tertiary/aromatic N) is 3. The van der Waals surface area contributed by atoms with Crippen LogP contribution in [0.25, 0.3) is 0 Å². The van der Waals surface area contributed by atoms with Crippen molar-refractivity contribution in [1.29, 1.82) is 0 Å². The van der Waals surface area contributed by atoms with Crippen LogP contribution in [0.1, 0.15) is 24.1 Å². The second-order valence-electron chi connectivity index (χ2n) is 8.24. The van der Waals surface area contributed by atoms with Gasteiger partial charge in [-0.2, -0.15) is 0 Å². The first-order valence-electron chi connectivity index (χ1n) is 10.7. The first-order chi connectivity index (χ1) is 15.3. The standard InChI is InChI=1S/C24H30ClFN4O2/c1-17(31)28(2)16-23(20-5-3-4-6-21(20)26)29-11-13-30(14-12-29)24(32)22(27)15-18-7-9-19(25)10-8-18/h3-10,22-23H,11-16,27H2,1-2H3. The molecule has 2 amide bonds. The highest BCUT2D eigenvalue weighted by molar-refractivity contribution is 6.30. The Morgan fingerprint density at radius 3 is 2.31 bits per heavy atom. The molecule has 0 aromatic heterocycles. The van der Waals surface area contributed by atoms with Crippen LogP contribution in [0, 0.1) is 5.82 Å². The lowest BCUT2D eigenvalue weighted by molar-refractivity contribution is -0.134. The lowest BCUT2D eigenvalue weighted by Gasteiger charge is -2.41. The van der Waals surface area contributed by atoms with Crippen molar-refractivity contribution in [3.05, 3.63) is 70.5 Å². The highest BCUT2D eigenvalue weighted by Gasteiger charge is 2.31. The molecule has 1 aliphatic heterocycles. The number of rotatable bonds is 7. The molecule has 2 atom stereocenters. The van der Waals surface area contributed by atoms with E-state index >= 15 is 0 Å². The molecule has 32 heavy (non-hydrogen) atoms. The summed E-state index contributed by atoms with van der Waals surface area (Å²) >= 11 is 5.92. The lowest BCUT2D eigenvalue weighted by atomic mass is 10.0. The fourth-order valence-electron chi connectivity index (χ4n) is 3.99.